The number of aromatic amines is 1. The van der Waals surface area contributed by atoms with Gasteiger partial charge >= 0.3 is 0 Å². The molecule has 0 atom stereocenters. The fraction of sp³-hybridized carbons (Fsp3) is 0.529. The minimum Gasteiger partial charge on any atom is -0.263 e. The molecule has 6 nitrogen and oxygen atoms in total. The van der Waals surface area contributed by atoms with Crippen LogP contribution in [0.1, 0.15) is 54.7 Å². The van der Waals surface area contributed by atoms with Crippen LogP contribution in [0.2, 0.25) is 0 Å². The predicted octanol–water partition coefficient (Wildman–Crippen LogP) is 2.70. The lowest BCUT2D eigenvalue weighted by Gasteiger charge is -2.30. The molecule has 2 fully saturated rings. The highest BCUT2D eigenvalue weighted by atomic mass is 32.2. The summed E-state index contributed by atoms with van der Waals surface area (Å²) >= 11 is 0. The Hall–Kier alpha value is -1.80. The van der Waals surface area contributed by atoms with Crippen LogP contribution in [0.5, 0.6) is 0 Å². The Balaban J connectivity index is 1.47. The van der Waals surface area contributed by atoms with E-state index in [1.54, 1.807) is 6.92 Å². The summed E-state index contributed by atoms with van der Waals surface area (Å²) in [6, 6.07) is 3.89. The number of benzene rings is 1. The Morgan fingerprint density at radius 1 is 1.16 bits per heavy atom. The van der Waals surface area contributed by atoms with Gasteiger partial charge in [0.1, 0.15) is 11.6 Å². The van der Waals surface area contributed by atoms with E-state index in [-0.39, 0.29) is 10.8 Å². The van der Waals surface area contributed by atoms with Crippen LogP contribution in [-0.2, 0) is 10.0 Å². The smallest absolute Gasteiger partial charge is 0.243 e. The van der Waals surface area contributed by atoms with Crippen molar-refractivity contribution in [2.24, 2.45) is 0 Å². The van der Waals surface area contributed by atoms with Crippen LogP contribution in [0.3, 0.4) is 0 Å². The van der Waals surface area contributed by atoms with E-state index < -0.39 is 15.8 Å². The monoisotopic (exact) mass is 364 g/mol. The van der Waals surface area contributed by atoms with Gasteiger partial charge in [-0.05, 0) is 50.3 Å². The molecule has 1 aliphatic carbocycles. The third-order valence-electron chi connectivity index (χ3n) is 5.07. The molecule has 1 saturated carbocycles. The molecule has 0 amide bonds. The molecule has 8 heteroatoms. The molecule has 0 unspecified atom stereocenters. The van der Waals surface area contributed by atoms with Crippen LogP contribution < -0.4 is 0 Å². The number of halogens is 1. The van der Waals surface area contributed by atoms with Gasteiger partial charge in [0.2, 0.25) is 10.0 Å². The Morgan fingerprint density at radius 3 is 2.56 bits per heavy atom. The summed E-state index contributed by atoms with van der Waals surface area (Å²) in [6.07, 6.45) is 3.68. The Morgan fingerprint density at radius 2 is 1.88 bits per heavy atom. The van der Waals surface area contributed by atoms with Gasteiger partial charge < -0.3 is 0 Å². The van der Waals surface area contributed by atoms with Crippen LogP contribution in [-0.4, -0.2) is 41.0 Å². The van der Waals surface area contributed by atoms with Crippen molar-refractivity contribution in [3.63, 3.8) is 0 Å². The fourth-order valence-corrected chi connectivity index (χ4v) is 5.06. The van der Waals surface area contributed by atoms with E-state index in [1.807, 2.05) is 0 Å². The summed E-state index contributed by atoms with van der Waals surface area (Å²) in [5.41, 5.74) is 0.563. The van der Waals surface area contributed by atoms with E-state index in [4.69, 9.17) is 0 Å². The highest BCUT2D eigenvalue weighted by Gasteiger charge is 2.33. The third kappa shape index (κ3) is 3.20. The first kappa shape index (κ1) is 16.7. The number of rotatable bonds is 4. The number of sulfonamides is 1. The molecule has 0 bridgehead atoms. The van der Waals surface area contributed by atoms with Crippen molar-refractivity contribution in [2.75, 3.05) is 13.1 Å². The molecule has 1 aliphatic heterocycles. The fourth-order valence-electron chi connectivity index (χ4n) is 3.36. The van der Waals surface area contributed by atoms with E-state index in [9.17, 15) is 12.8 Å². The van der Waals surface area contributed by atoms with E-state index in [1.165, 1.54) is 16.4 Å². The van der Waals surface area contributed by atoms with Gasteiger partial charge in [0.05, 0.1) is 4.90 Å². The summed E-state index contributed by atoms with van der Waals surface area (Å²) in [5.74, 6) is 1.91. The van der Waals surface area contributed by atoms with E-state index in [2.05, 4.69) is 15.2 Å². The lowest BCUT2D eigenvalue weighted by atomic mass is 9.97. The molecule has 0 radical (unpaired) electrons. The van der Waals surface area contributed by atoms with Crippen molar-refractivity contribution >= 4 is 10.0 Å². The van der Waals surface area contributed by atoms with Crippen LogP contribution in [0.4, 0.5) is 4.39 Å². The molecule has 2 aromatic rings. The molecule has 2 aliphatic rings. The van der Waals surface area contributed by atoms with Crippen molar-refractivity contribution in [1.82, 2.24) is 19.5 Å². The summed E-state index contributed by atoms with van der Waals surface area (Å²) < 4.78 is 40.6. The number of nitrogens with one attached hydrogen (secondary N) is 1. The van der Waals surface area contributed by atoms with Crippen molar-refractivity contribution in [3.8, 4) is 0 Å². The van der Waals surface area contributed by atoms with Crippen LogP contribution in [0, 0.1) is 12.7 Å². The minimum atomic E-state index is -3.67. The number of hydrogen-bond donors (Lipinski definition) is 1. The second-order valence-corrected chi connectivity index (χ2v) is 8.85. The second-order valence-electron chi connectivity index (χ2n) is 6.94. The molecule has 0 spiro atoms. The van der Waals surface area contributed by atoms with Gasteiger partial charge in [0.15, 0.2) is 5.82 Å². The van der Waals surface area contributed by atoms with Crippen LogP contribution in [0.15, 0.2) is 23.1 Å². The van der Waals surface area contributed by atoms with Gasteiger partial charge in [-0.1, -0.05) is 6.07 Å². The molecule has 1 aromatic heterocycles. The number of piperidine rings is 1. The zero-order valence-electron chi connectivity index (χ0n) is 14.1. The number of aryl methyl sites for hydroxylation is 1. The highest BCUT2D eigenvalue weighted by Crippen LogP contribution is 2.39. The maximum absolute atomic E-state index is 13.5. The van der Waals surface area contributed by atoms with Crippen LogP contribution in [0.25, 0.3) is 0 Å². The summed E-state index contributed by atoms with van der Waals surface area (Å²) in [5, 5.41) is 7.30. The molecule has 2 heterocycles. The second kappa shape index (κ2) is 6.17. The average Bonchev–Trinajstić information content (AvgIpc) is 3.34. The highest BCUT2D eigenvalue weighted by molar-refractivity contribution is 7.89. The predicted molar refractivity (Wildman–Crippen MR) is 90.2 cm³/mol. The third-order valence-corrected chi connectivity index (χ3v) is 7.11. The van der Waals surface area contributed by atoms with Gasteiger partial charge in [0.25, 0.3) is 0 Å². The molecular weight excluding hydrogens is 343 g/mol. The zero-order valence-corrected chi connectivity index (χ0v) is 14.9. The summed E-state index contributed by atoms with van der Waals surface area (Å²) in [7, 11) is -3.67. The van der Waals surface area contributed by atoms with Crippen LogP contribution >= 0.6 is 0 Å². The topological polar surface area (TPSA) is 79.0 Å². The Kier molecular flexibility index (Phi) is 4.11. The quantitative estimate of drug-likeness (QED) is 0.905. The summed E-state index contributed by atoms with van der Waals surface area (Å²) in [6.45, 7) is 2.50. The standard InChI is InChI=1S/C17H21FN4O2S/c1-11-2-5-14(18)10-15(11)25(23,24)22-8-6-13(7-9-22)17-19-16(20-21-17)12-3-4-12/h2,5,10,12-13H,3-4,6-9H2,1H3,(H,19,20,21). The molecule has 1 aromatic carbocycles. The van der Waals surface area contributed by atoms with Gasteiger partial charge in [-0.25, -0.2) is 17.8 Å². The van der Waals surface area contributed by atoms with E-state index in [0.29, 0.717) is 37.4 Å². The van der Waals surface area contributed by atoms with Gasteiger partial charge in [0, 0.05) is 24.9 Å². The Labute approximate surface area is 146 Å². The van der Waals surface area contributed by atoms with E-state index in [0.717, 1.165) is 30.6 Å². The molecule has 134 valence electrons. The lowest BCUT2D eigenvalue weighted by Crippen LogP contribution is -2.38. The molecule has 25 heavy (non-hydrogen) atoms. The van der Waals surface area contributed by atoms with Crippen molar-refractivity contribution < 1.29 is 12.8 Å². The molecule has 1 N–H and O–H groups in total. The first-order valence-electron chi connectivity index (χ1n) is 8.63. The first-order valence-corrected chi connectivity index (χ1v) is 10.1. The largest absolute Gasteiger partial charge is 0.263 e. The molecule has 1 saturated heterocycles. The maximum Gasteiger partial charge on any atom is 0.243 e. The number of H-pyrrole nitrogens is 1. The Bertz CT molecular complexity index is 884. The summed E-state index contributed by atoms with van der Waals surface area (Å²) in [4.78, 5) is 4.64. The van der Waals surface area contributed by atoms with Gasteiger partial charge in [-0.15, -0.1) is 0 Å². The average molecular weight is 364 g/mol. The van der Waals surface area contributed by atoms with E-state index >= 15 is 0 Å². The van der Waals surface area contributed by atoms with Crippen molar-refractivity contribution in [1.29, 1.82) is 0 Å². The van der Waals surface area contributed by atoms with Crippen molar-refractivity contribution in [3.05, 3.63) is 41.2 Å². The SMILES string of the molecule is Cc1ccc(F)cc1S(=O)(=O)N1CCC(c2nc(C3CC3)n[nH]2)CC1. The zero-order chi connectivity index (χ0) is 17.6. The number of hydrogen-bond acceptors (Lipinski definition) is 4. The molecule has 4 rings (SSSR count). The van der Waals surface area contributed by atoms with Gasteiger partial charge in [-0.3, -0.25) is 5.10 Å². The molecular formula is C17H21FN4O2S. The normalized spacial score (nSPS) is 20.1. The maximum atomic E-state index is 13.5. The minimum absolute atomic E-state index is 0.0571. The lowest BCUT2D eigenvalue weighted by molar-refractivity contribution is 0.313. The van der Waals surface area contributed by atoms with Crippen molar-refractivity contribution in [2.45, 2.75) is 49.3 Å². The first-order chi connectivity index (χ1) is 11.9. The number of aromatic nitrogens is 3. The van der Waals surface area contributed by atoms with Gasteiger partial charge in [-0.2, -0.15) is 9.40 Å². The number of nitrogens with zero attached hydrogens (tertiary/aromatic N) is 3.